The van der Waals surface area contributed by atoms with Gasteiger partial charge in [-0.2, -0.15) is 0 Å². The predicted octanol–water partition coefficient (Wildman–Crippen LogP) is 3.24. The molecule has 116 valence electrons. The fourth-order valence-corrected chi connectivity index (χ4v) is 1.98. The number of benzene rings is 1. The van der Waals surface area contributed by atoms with Crippen LogP contribution in [0.2, 0.25) is 0 Å². The van der Waals surface area contributed by atoms with Gasteiger partial charge in [-0.05, 0) is 17.7 Å². The van der Waals surface area contributed by atoms with Crippen LogP contribution in [0.1, 0.15) is 19.4 Å². The molecule has 0 saturated heterocycles. The van der Waals surface area contributed by atoms with E-state index in [1.165, 1.54) is 5.56 Å². The Balaban J connectivity index is 2.41. The van der Waals surface area contributed by atoms with Crippen LogP contribution in [-0.2, 0) is 6.54 Å². The van der Waals surface area contributed by atoms with Crippen molar-refractivity contribution in [2.45, 2.75) is 26.4 Å². The van der Waals surface area contributed by atoms with Gasteiger partial charge in [0, 0.05) is 32.2 Å². The van der Waals surface area contributed by atoms with Gasteiger partial charge in [0.1, 0.15) is 12.4 Å². The lowest BCUT2D eigenvalue weighted by molar-refractivity contribution is 0.236. The lowest BCUT2D eigenvalue weighted by Crippen LogP contribution is -2.28. The van der Waals surface area contributed by atoms with Gasteiger partial charge in [-0.25, -0.2) is 0 Å². The second-order valence-corrected chi connectivity index (χ2v) is 5.37. The third-order valence-corrected chi connectivity index (χ3v) is 3.06. The van der Waals surface area contributed by atoms with Crippen LogP contribution >= 0.6 is 0 Å². The molecular weight excluding hydrogens is 260 g/mol. The van der Waals surface area contributed by atoms with Crippen LogP contribution in [-0.4, -0.2) is 37.2 Å². The summed E-state index contributed by atoms with van der Waals surface area (Å²) in [7, 11) is 0. The van der Waals surface area contributed by atoms with Gasteiger partial charge in [0.15, 0.2) is 0 Å². The monoisotopic (exact) mass is 288 g/mol. The van der Waals surface area contributed by atoms with Gasteiger partial charge < -0.3 is 10.1 Å². The number of nitrogens with one attached hydrogen (secondary N) is 1. The number of ether oxygens (including phenoxy) is 1. The maximum absolute atomic E-state index is 5.84. The zero-order valence-corrected chi connectivity index (χ0v) is 13.3. The van der Waals surface area contributed by atoms with Crippen LogP contribution in [0.4, 0.5) is 0 Å². The summed E-state index contributed by atoms with van der Waals surface area (Å²) in [6.07, 6.45) is 3.81. The molecule has 0 amide bonds. The maximum Gasteiger partial charge on any atom is 0.119 e. The second-order valence-electron chi connectivity index (χ2n) is 5.37. The summed E-state index contributed by atoms with van der Waals surface area (Å²) in [5.74, 6) is 0.926. The molecule has 0 spiro atoms. The minimum absolute atomic E-state index is 0.487. The van der Waals surface area contributed by atoms with E-state index in [1.807, 2.05) is 24.3 Å². The smallest absolute Gasteiger partial charge is 0.119 e. The molecule has 0 fully saturated rings. The first-order valence-electron chi connectivity index (χ1n) is 7.55. The average molecular weight is 288 g/mol. The Morgan fingerprint density at radius 1 is 1.24 bits per heavy atom. The van der Waals surface area contributed by atoms with E-state index in [9.17, 15) is 0 Å². The molecular formula is C18H28N2O. The average Bonchev–Trinajstić information content (AvgIpc) is 2.46. The van der Waals surface area contributed by atoms with Crippen LogP contribution in [0.5, 0.6) is 5.75 Å². The van der Waals surface area contributed by atoms with Gasteiger partial charge in [0.2, 0.25) is 0 Å². The van der Waals surface area contributed by atoms with Crippen molar-refractivity contribution in [1.82, 2.24) is 10.2 Å². The first-order valence-corrected chi connectivity index (χ1v) is 7.55. The summed E-state index contributed by atoms with van der Waals surface area (Å²) in [5, 5.41) is 3.41. The fourth-order valence-electron chi connectivity index (χ4n) is 1.98. The van der Waals surface area contributed by atoms with Gasteiger partial charge in [0.25, 0.3) is 0 Å². The molecule has 0 aliphatic rings. The molecule has 1 rings (SSSR count). The quantitative estimate of drug-likeness (QED) is 0.633. The van der Waals surface area contributed by atoms with E-state index in [1.54, 1.807) is 0 Å². The molecule has 0 heterocycles. The lowest BCUT2D eigenvalue weighted by Gasteiger charge is -2.19. The van der Waals surface area contributed by atoms with Gasteiger partial charge in [-0.15, -0.1) is 13.2 Å². The molecule has 1 N–H and O–H groups in total. The first kappa shape index (κ1) is 17.5. The Hall–Kier alpha value is -1.58. The molecule has 0 radical (unpaired) electrons. The largest absolute Gasteiger partial charge is 0.492 e. The fraction of sp³-hybridized carbons (Fsp3) is 0.444. The van der Waals surface area contributed by atoms with E-state index >= 15 is 0 Å². The molecule has 0 unspecified atom stereocenters. The third-order valence-electron chi connectivity index (χ3n) is 3.06. The molecule has 1 aromatic rings. The number of hydrogen-bond donors (Lipinski definition) is 1. The van der Waals surface area contributed by atoms with Crippen molar-refractivity contribution < 1.29 is 4.74 Å². The third kappa shape index (κ3) is 7.69. The van der Waals surface area contributed by atoms with Crippen molar-refractivity contribution in [2.24, 2.45) is 0 Å². The van der Waals surface area contributed by atoms with Crippen molar-refractivity contribution in [3.05, 3.63) is 55.1 Å². The van der Waals surface area contributed by atoms with E-state index in [0.29, 0.717) is 12.6 Å². The normalized spacial score (nSPS) is 10.9. The van der Waals surface area contributed by atoms with E-state index in [4.69, 9.17) is 4.74 Å². The highest BCUT2D eigenvalue weighted by atomic mass is 16.5. The van der Waals surface area contributed by atoms with Crippen LogP contribution in [0.15, 0.2) is 49.6 Å². The predicted molar refractivity (Wildman–Crippen MR) is 90.7 cm³/mol. The summed E-state index contributed by atoms with van der Waals surface area (Å²) < 4.78 is 5.84. The highest BCUT2D eigenvalue weighted by molar-refractivity contribution is 5.28. The number of nitrogens with zero attached hydrogens (tertiary/aromatic N) is 1. The summed E-state index contributed by atoms with van der Waals surface area (Å²) in [4.78, 5) is 2.24. The van der Waals surface area contributed by atoms with Crippen molar-refractivity contribution in [3.63, 3.8) is 0 Å². The van der Waals surface area contributed by atoms with Crippen molar-refractivity contribution in [3.8, 4) is 5.75 Å². The van der Waals surface area contributed by atoms with Crippen LogP contribution in [0, 0.1) is 0 Å². The molecule has 0 aromatic heterocycles. The summed E-state index contributed by atoms with van der Waals surface area (Å²) in [6, 6.07) is 8.74. The Morgan fingerprint density at radius 2 is 1.95 bits per heavy atom. The molecule has 3 heteroatoms. The van der Waals surface area contributed by atoms with Crippen LogP contribution in [0.3, 0.4) is 0 Å². The van der Waals surface area contributed by atoms with Crippen molar-refractivity contribution in [1.29, 1.82) is 0 Å². The van der Waals surface area contributed by atoms with Crippen molar-refractivity contribution >= 4 is 0 Å². The lowest BCUT2D eigenvalue weighted by atomic mass is 10.2. The Kier molecular flexibility index (Phi) is 8.48. The Labute approximate surface area is 129 Å². The van der Waals surface area contributed by atoms with E-state index in [2.05, 4.69) is 49.4 Å². The molecule has 0 atom stereocenters. The Morgan fingerprint density at radius 3 is 2.57 bits per heavy atom. The molecule has 0 aliphatic carbocycles. The molecule has 1 aromatic carbocycles. The summed E-state index contributed by atoms with van der Waals surface area (Å²) >= 11 is 0. The standard InChI is InChI=1S/C18H28N2O/c1-5-10-20(11-6-2)12-13-21-18-9-7-8-17(14-18)15-19-16(3)4/h5-9,14,16,19H,1-2,10-13,15H2,3-4H3. The van der Waals surface area contributed by atoms with Crippen LogP contribution < -0.4 is 10.1 Å². The SMILES string of the molecule is C=CCN(CC=C)CCOc1cccc(CNC(C)C)c1. The minimum Gasteiger partial charge on any atom is -0.492 e. The van der Waals surface area contributed by atoms with Gasteiger partial charge in [-0.3, -0.25) is 4.90 Å². The first-order chi connectivity index (χ1) is 10.2. The van der Waals surface area contributed by atoms with Gasteiger partial charge in [0.05, 0.1) is 0 Å². The van der Waals surface area contributed by atoms with E-state index in [-0.39, 0.29) is 0 Å². The van der Waals surface area contributed by atoms with E-state index in [0.717, 1.165) is 31.9 Å². The Bertz CT molecular complexity index is 419. The zero-order chi connectivity index (χ0) is 15.5. The summed E-state index contributed by atoms with van der Waals surface area (Å²) in [5.41, 5.74) is 1.25. The van der Waals surface area contributed by atoms with Crippen LogP contribution in [0.25, 0.3) is 0 Å². The summed E-state index contributed by atoms with van der Waals surface area (Å²) in [6.45, 7) is 16.0. The van der Waals surface area contributed by atoms with Gasteiger partial charge >= 0.3 is 0 Å². The molecule has 0 bridgehead atoms. The minimum atomic E-state index is 0.487. The number of rotatable bonds is 11. The molecule has 0 aliphatic heterocycles. The zero-order valence-electron chi connectivity index (χ0n) is 13.3. The van der Waals surface area contributed by atoms with Crippen molar-refractivity contribution in [2.75, 3.05) is 26.2 Å². The molecule has 3 nitrogen and oxygen atoms in total. The molecule has 21 heavy (non-hydrogen) atoms. The topological polar surface area (TPSA) is 24.5 Å². The highest BCUT2D eigenvalue weighted by Crippen LogP contribution is 2.13. The molecule has 0 saturated carbocycles. The van der Waals surface area contributed by atoms with Gasteiger partial charge in [-0.1, -0.05) is 38.1 Å². The second kappa shape index (κ2) is 10.2. The van der Waals surface area contributed by atoms with E-state index < -0.39 is 0 Å². The maximum atomic E-state index is 5.84. The number of hydrogen-bond acceptors (Lipinski definition) is 3. The highest BCUT2D eigenvalue weighted by Gasteiger charge is 2.02.